The molecular formula is C33H37F2N6O7P. The van der Waals surface area contributed by atoms with Gasteiger partial charge >= 0.3 is 13.9 Å². The normalized spacial score (nSPS) is 18.3. The average Bonchev–Trinajstić information content (AvgIpc) is 3.04. The highest BCUT2D eigenvalue weighted by Gasteiger charge is 2.51. The fourth-order valence-electron chi connectivity index (χ4n) is 6.07. The number of hydrogen-bond donors (Lipinski definition) is 3. The number of anilines is 1. The fourth-order valence-corrected chi connectivity index (χ4v) is 6.47. The summed E-state index contributed by atoms with van der Waals surface area (Å²) >= 11 is 0. The van der Waals surface area contributed by atoms with Gasteiger partial charge in [-0.1, -0.05) is 48.5 Å². The molecule has 0 unspecified atom stereocenters. The minimum absolute atomic E-state index is 0.0347. The maximum absolute atomic E-state index is 14.5. The molecular weight excluding hydrogens is 661 g/mol. The number of piperazine rings is 1. The van der Waals surface area contributed by atoms with Crippen molar-refractivity contribution >= 4 is 31.4 Å². The quantitative estimate of drug-likeness (QED) is 0.203. The third kappa shape index (κ3) is 8.26. The Morgan fingerprint density at radius 2 is 1.73 bits per heavy atom. The van der Waals surface area contributed by atoms with Crippen molar-refractivity contribution < 1.29 is 42.0 Å². The number of nitrogens with one attached hydrogen (secondary N) is 1. The number of urea groups is 1. The molecule has 3 aromatic rings. The minimum Gasteiger partial charge on any atom is -0.404 e. The van der Waals surface area contributed by atoms with E-state index in [2.05, 4.69) is 16.4 Å². The standard InChI is InChI=1S/C33H37F2N6O7P/c1-4-14-39-21-31(42)40-29(15-22-10-12-25(13-11-22)48-49(45,46)47)32(43)38(19-24-16-26(34)27(35)17-28(24)37(2)3)20-30(40)41(39)33(44)36-18-23-8-6-5-7-9-23/h4-13,16-17,29-30H,1,14-15,18-21H2,2-3H3,(H,36,44)(H2,45,46,47)/t29-,30+/m1/s1. The SMILES string of the molecule is C=CCN1CC(=O)N2[C@H](Cc3ccc(OP(=O)(O)O)cc3)C(=O)N(Cc3cc(F)c(F)cc3N(C)C)C[C@@H]2N1C(=O)NCc1ccccc1. The van der Waals surface area contributed by atoms with E-state index < -0.39 is 49.5 Å². The monoisotopic (exact) mass is 698 g/mol. The Hall–Kier alpha value is -4.82. The van der Waals surface area contributed by atoms with Crippen LogP contribution in [0.25, 0.3) is 0 Å². The predicted octanol–water partition coefficient (Wildman–Crippen LogP) is 3.24. The first-order valence-electron chi connectivity index (χ1n) is 15.3. The molecule has 0 aromatic heterocycles. The maximum Gasteiger partial charge on any atom is 0.524 e. The second-order valence-electron chi connectivity index (χ2n) is 11.9. The number of fused-ring (bicyclic) bond motifs is 1. The first-order valence-corrected chi connectivity index (χ1v) is 16.8. The molecule has 16 heteroatoms. The van der Waals surface area contributed by atoms with E-state index in [-0.39, 0.29) is 44.9 Å². The van der Waals surface area contributed by atoms with Crippen LogP contribution in [0.5, 0.6) is 5.75 Å². The van der Waals surface area contributed by atoms with E-state index >= 15 is 0 Å². The lowest BCUT2D eigenvalue weighted by molar-refractivity contribution is -0.189. The topological polar surface area (TPSA) is 146 Å². The second kappa shape index (κ2) is 14.7. The van der Waals surface area contributed by atoms with Gasteiger partial charge in [0.1, 0.15) is 18.0 Å². The van der Waals surface area contributed by atoms with E-state index in [1.54, 1.807) is 30.1 Å². The van der Waals surface area contributed by atoms with Gasteiger partial charge in [-0.15, -0.1) is 6.58 Å². The van der Waals surface area contributed by atoms with Crippen molar-refractivity contribution in [3.8, 4) is 5.75 Å². The smallest absolute Gasteiger partial charge is 0.404 e. The summed E-state index contributed by atoms with van der Waals surface area (Å²) in [6.45, 7) is 3.58. The number of hydrogen-bond acceptors (Lipinski definition) is 7. The summed E-state index contributed by atoms with van der Waals surface area (Å²) in [7, 11) is -1.50. The number of phosphoric acid groups is 1. The third-order valence-electron chi connectivity index (χ3n) is 8.21. The first kappa shape index (κ1) is 35.5. The van der Waals surface area contributed by atoms with Gasteiger partial charge in [-0.3, -0.25) is 19.4 Å². The molecule has 2 heterocycles. The molecule has 0 bridgehead atoms. The van der Waals surface area contributed by atoms with E-state index in [4.69, 9.17) is 9.79 Å². The van der Waals surface area contributed by atoms with Crippen molar-refractivity contribution in [3.05, 3.63) is 108 Å². The summed E-state index contributed by atoms with van der Waals surface area (Å²) in [5.74, 6) is -3.15. The van der Waals surface area contributed by atoms with Crippen molar-refractivity contribution in [1.82, 2.24) is 25.1 Å². The van der Waals surface area contributed by atoms with Crippen molar-refractivity contribution in [2.75, 3.05) is 38.6 Å². The number of rotatable bonds is 11. The summed E-state index contributed by atoms with van der Waals surface area (Å²) < 4.78 is 44.7. The molecule has 13 nitrogen and oxygen atoms in total. The summed E-state index contributed by atoms with van der Waals surface area (Å²) in [4.78, 5) is 64.8. The Morgan fingerprint density at radius 3 is 2.37 bits per heavy atom. The summed E-state index contributed by atoms with van der Waals surface area (Å²) in [5, 5.41) is 5.84. The largest absolute Gasteiger partial charge is 0.524 e. The van der Waals surface area contributed by atoms with Gasteiger partial charge in [0.05, 0.1) is 13.1 Å². The lowest BCUT2D eigenvalue weighted by atomic mass is 9.98. The third-order valence-corrected chi connectivity index (χ3v) is 8.65. The number of amides is 4. The van der Waals surface area contributed by atoms with Crippen LogP contribution >= 0.6 is 7.82 Å². The molecule has 3 aromatic carbocycles. The Labute approximate surface area is 282 Å². The number of hydrazine groups is 1. The predicted molar refractivity (Wildman–Crippen MR) is 176 cm³/mol. The zero-order chi connectivity index (χ0) is 35.5. The summed E-state index contributed by atoms with van der Waals surface area (Å²) in [5.41, 5.74) is 2.03. The van der Waals surface area contributed by atoms with E-state index in [0.717, 1.165) is 17.7 Å². The number of carbonyl (C=O) groups excluding carboxylic acids is 3. The van der Waals surface area contributed by atoms with E-state index in [0.29, 0.717) is 16.8 Å². The molecule has 2 aliphatic heterocycles. The molecule has 0 saturated carbocycles. The molecule has 2 fully saturated rings. The fraction of sp³-hybridized carbons (Fsp3) is 0.303. The molecule has 4 amide bonds. The molecule has 0 radical (unpaired) electrons. The van der Waals surface area contributed by atoms with E-state index in [1.807, 2.05) is 30.3 Å². The molecule has 49 heavy (non-hydrogen) atoms. The van der Waals surface area contributed by atoms with Crippen LogP contribution in [0.3, 0.4) is 0 Å². The van der Waals surface area contributed by atoms with E-state index in [1.165, 1.54) is 39.1 Å². The van der Waals surface area contributed by atoms with Gasteiger partial charge in [0, 0.05) is 51.9 Å². The molecule has 0 spiro atoms. The van der Waals surface area contributed by atoms with Gasteiger partial charge in [0.15, 0.2) is 11.6 Å². The lowest BCUT2D eigenvalue weighted by Gasteiger charge is -2.55. The molecule has 2 saturated heterocycles. The van der Waals surface area contributed by atoms with Gasteiger partial charge in [-0.05, 0) is 34.9 Å². The molecule has 0 aliphatic carbocycles. The van der Waals surface area contributed by atoms with Crippen LogP contribution in [0.2, 0.25) is 0 Å². The number of benzene rings is 3. The van der Waals surface area contributed by atoms with Crippen LogP contribution in [-0.2, 0) is 33.7 Å². The Balaban J connectivity index is 1.53. The summed E-state index contributed by atoms with van der Waals surface area (Å²) in [6, 6.07) is 15.3. The van der Waals surface area contributed by atoms with E-state index in [9.17, 15) is 27.7 Å². The zero-order valence-electron chi connectivity index (χ0n) is 26.9. The molecule has 5 rings (SSSR count). The average molecular weight is 699 g/mol. The highest BCUT2D eigenvalue weighted by atomic mass is 31.2. The van der Waals surface area contributed by atoms with Crippen molar-refractivity contribution in [1.29, 1.82) is 0 Å². The van der Waals surface area contributed by atoms with Crippen LogP contribution in [0.4, 0.5) is 19.3 Å². The van der Waals surface area contributed by atoms with Gasteiger partial charge < -0.3 is 24.5 Å². The number of halogens is 2. The van der Waals surface area contributed by atoms with Crippen molar-refractivity contribution in [2.24, 2.45) is 0 Å². The van der Waals surface area contributed by atoms with Crippen LogP contribution in [0.15, 0.2) is 79.4 Å². The highest BCUT2D eigenvalue weighted by molar-refractivity contribution is 7.46. The Kier molecular flexibility index (Phi) is 10.7. The second-order valence-corrected chi connectivity index (χ2v) is 13.0. The van der Waals surface area contributed by atoms with Gasteiger partial charge in [0.2, 0.25) is 11.8 Å². The number of nitrogens with zero attached hydrogens (tertiary/aromatic N) is 5. The van der Waals surface area contributed by atoms with Crippen LogP contribution < -0.4 is 14.7 Å². The zero-order valence-corrected chi connectivity index (χ0v) is 27.8. The number of phosphoric ester groups is 1. The highest BCUT2D eigenvalue weighted by Crippen LogP contribution is 2.38. The Bertz CT molecular complexity index is 1760. The van der Waals surface area contributed by atoms with Gasteiger partial charge in [0.25, 0.3) is 0 Å². The molecule has 3 N–H and O–H groups in total. The lowest BCUT2D eigenvalue weighted by Crippen LogP contribution is -2.76. The number of carbonyl (C=O) groups is 3. The molecule has 2 atom stereocenters. The van der Waals surface area contributed by atoms with Crippen LogP contribution in [-0.4, -0.2) is 93.4 Å². The van der Waals surface area contributed by atoms with Gasteiger partial charge in [-0.2, -0.15) is 0 Å². The van der Waals surface area contributed by atoms with Crippen LogP contribution in [0, 0.1) is 11.6 Å². The molecule has 260 valence electrons. The Morgan fingerprint density at radius 1 is 1.06 bits per heavy atom. The maximum atomic E-state index is 14.5. The van der Waals surface area contributed by atoms with Crippen molar-refractivity contribution in [2.45, 2.75) is 31.7 Å². The van der Waals surface area contributed by atoms with Gasteiger partial charge in [-0.25, -0.2) is 28.2 Å². The minimum atomic E-state index is -4.81. The first-order chi connectivity index (χ1) is 23.3. The summed E-state index contributed by atoms with van der Waals surface area (Å²) in [6.07, 6.45) is 0.521. The van der Waals surface area contributed by atoms with Crippen molar-refractivity contribution in [3.63, 3.8) is 0 Å². The van der Waals surface area contributed by atoms with Crippen LogP contribution in [0.1, 0.15) is 16.7 Å². The molecule has 2 aliphatic rings.